The van der Waals surface area contributed by atoms with Crippen molar-refractivity contribution < 1.29 is 4.79 Å². The molecule has 2 N–H and O–H groups in total. The molecule has 4 heterocycles. The zero-order valence-electron chi connectivity index (χ0n) is 18.7. The number of halogens is 1. The van der Waals surface area contributed by atoms with Gasteiger partial charge in [0.25, 0.3) is 5.91 Å². The molecule has 1 atom stereocenters. The van der Waals surface area contributed by atoms with E-state index in [1.807, 2.05) is 55.1 Å². The highest BCUT2D eigenvalue weighted by molar-refractivity contribution is 7.99. The smallest absolute Gasteiger partial charge is 0.255 e. The van der Waals surface area contributed by atoms with Gasteiger partial charge in [-0.05, 0) is 48.9 Å². The van der Waals surface area contributed by atoms with Gasteiger partial charge in [-0.15, -0.1) is 11.8 Å². The zero-order chi connectivity index (χ0) is 23.7. The van der Waals surface area contributed by atoms with Crippen LogP contribution in [0.4, 0.5) is 11.5 Å². The van der Waals surface area contributed by atoms with Crippen molar-refractivity contribution in [2.24, 2.45) is 7.05 Å². The molecule has 1 unspecified atom stereocenters. The predicted molar refractivity (Wildman–Crippen MR) is 138 cm³/mol. The fourth-order valence-electron chi connectivity index (χ4n) is 4.06. The Labute approximate surface area is 207 Å². The Kier molecular flexibility index (Phi) is 6.26. The highest BCUT2D eigenvalue weighted by Gasteiger charge is 2.31. The SMILES string of the molecule is Cc1ncccc1NC(=O)c1ccc(C2SCCNc3c2c(-c2ccccn2)nn3C)c(Cl)c1. The molecule has 5 rings (SSSR count). The summed E-state index contributed by atoms with van der Waals surface area (Å²) < 4.78 is 1.87. The molecular formula is C25H23ClN6OS. The average molecular weight is 491 g/mol. The van der Waals surface area contributed by atoms with E-state index in [1.54, 1.807) is 36.3 Å². The first kappa shape index (κ1) is 22.4. The summed E-state index contributed by atoms with van der Waals surface area (Å²) in [5, 5.41) is 11.7. The number of benzene rings is 1. The van der Waals surface area contributed by atoms with Crippen LogP contribution >= 0.6 is 23.4 Å². The molecule has 1 amide bonds. The monoisotopic (exact) mass is 490 g/mol. The highest BCUT2D eigenvalue weighted by Crippen LogP contribution is 2.47. The molecule has 0 aliphatic carbocycles. The molecular weight excluding hydrogens is 468 g/mol. The lowest BCUT2D eigenvalue weighted by Crippen LogP contribution is -2.13. The molecule has 0 fully saturated rings. The van der Waals surface area contributed by atoms with Crippen molar-refractivity contribution in [2.45, 2.75) is 12.2 Å². The van der Waals surface area contributed by atoms with Crippen molar-refractivity contribution in [1.29, 1.82) is 0 Å². The minimum Gasteiger partial charge on any atom is -0.369 e. The molecule has 0 spiro atoms. The van der Waals surface area contributed by atoms with Crippen molar-refractivity contribution in [1.82, 2.24) is 19.7 Å². The molecule has 0 bridgehead atoms. The van der Waals surface area contributed by atoms with Crippen LogP contribution in [0.25, 0.3) is 11.4 Å². The summed E-state index contributed by atoms with van der Waals surface area (Å²) in [5.41, 5.74) is 5.56. The number of thioether (sulfide) groups is 1. The van der Waals surface area contributed by atoms with E-state index in [0.717, 1.165) is 46.3 Å². The molecule has 172 valence electrons. The number of hydrogen-bond donors (Lipinski definition) is 2. The predicted octanol–water partition coefficient (Wildman–Crippen LogP) is 5.34. The number of aromatic nitrogens is 4. The largest absolute Gasteiger partial charge is 0.369 e. The van der Waals surface area contributed by atoms with Crippen molar-refractivity contribution in [2.75, 3.05) is 22.9 Å². The number of carbonyl (C=O) groups is 1. The lowest BCUT2D eigenvalue weighted by Gasteiger charge is -2.18. The first-order chi connectivity index (χ1) is 16.5. The van der Waals surface area contributed by atoms with Gasteiger partial charge in [-0.2, -0.15) is 5.10 Å². The van der Waals surface area contributed by atoms with E-state index in [2.05, 4.69) is 20.6 Å². The van der Waals surface area contributed by atoms with Crippen LogP contribution in [0.1, 0.15) is 32.4 Å². The minimum atomic E-state index is -0.226. The molecule has 0 saturated carbocycles. The fraction of sp³-hybridized carbons (Fsp3) is 0.200. The van der Waals surface area contributed by atoms with Gasteiger partial charge >= 0.3 is 0 Å². The first-order valence-electron chi connectivity index (χ1n) is 10.9. The normalized spacial score (nSPS) is 15.2. The number of aryl methyl sites for hydroxylation is 2. The van der Waals surface area contributed by atoms with Gasteiger partial charge in [-0.1, -0.05) is 23.7 Å². The Hall–Kier alpha value is -3.36. The first-order valence-corrected chi connectivity index (χ1v) is 12.3. The number of pyridine rings is 2. The summed E-state index contributed by atoms with van der Waals surface area (Å²) in [7, 11) is 1.93. The topological polar surface area (TPSA) is 84.7 Å². The van der Waals surface area contributed by atoms with Crippen LogP contribution in [0.2, 0.25) is 5.02 Å². The van der Waals surface area contributed by atoms with E-state index in [0.29, 0.717) is 16.3 Å². The highest BCUT2D eigenvalue weighted by atomic mass is 35.5. The number of rotatable bonds is 4. The summed E-state index contributed by atoms with van der Waals surface area (Å²) in [6.07, 6.45) is 3.47. The van der Waals surface area contributed by atoms with E-state index < -0.39 is 0 Å². The maximum atomic E-state index is 12.9. The molecule has 9 heteroatoms. The number of anilines is 2. The second-order valence-electron chi connectivity index (χ2n) is 7.95. The minimum absolute atomic E-state index is 0.0547. The molecule has 1 aromatic carbocycles. The van der Waals surface area contributed by atoms with E-state index in [-0.39, 0.29) is 11.2 Å². The van der Waals surface area contributed by atoms with Crippen molar-refractivity contribution in [3.05, 3.63) is 88.3 Å². The molecule has 0 saturated heterocycles. The van der Waals surface area contributed by atoms with Crippen LogP contribution in [0.3, 0.4) is 0 Å². The molecule has 1 aliphatic rings. The van der Waals surface area contributed by atoms with Crippen LogP contribution in [0.15, 0.2) is 60.9 Å². The van der Waals surface area contributed by atoms with Crippen molar-refractivity contribution in [3.8, 4) is 11.4 Å². The Morgan fingerprint density at radius 1 is 1.18 bits per heavy atom. The van der Waals surface area contributed by atoms with Gasteiger partial charge in [0.1, 0.15) is 11.5 Å². The van der Waals surface area contributed by atoms with Gasteiger partial charge in [0, 0.05) is 47.9 Å². The van der Waals surface area contributed by atoms with Gasteiger partial charge in [0.15, 0.2) is 0 Å². The number of hydrogen-bond acceptors (Lipinski definition) is 6. The number of nitrogens with zero attached hydrogens (tertiary/aromatic N) is 4. The maximum Gasteiger partial charge on any atom is 0.255 e. The zero-order valence-corrected chi connectivity index (χ0v) is 20.3. The molecule has 0 radical (unpaired) electrons. The third kappa shape index (κ3) is 4.26. The quantitative estimate of drug-likeness (QED) is 0.401. The van der Waals surface area contributed by atoms with Crippen molar-refractivity contribution >= 4 is 40.8 Å². The summed E-state index contributed by atoms with van der Waals surface area (Å²) >= 11 is 8.60. The summed E-state index contributed by atoms with van der Waals surface area (Å²) in [6.45, 7) is 2.67. The molecule has 7 nitrogen and oxygen atoms in total. The van der Waals surface area contributed by atoms with Gasteiger partial charge in [0.05, 0.1) is 22.3 Å². The van der Waals surface area contributed by atoms with Crippen LogP contribution in [-0.4, -0.2) is 38.0 Å². The Balaban J connectivity index is 1.52. The molecule has 3 aromatic heterocycles. The maximum absolute atomic E-state index is 12.9. The second kappa shape index (κ2) is 9.48. The third-order valence-electron chi connectivity index (χ3n) is 5.73. The summed E-state index contributed by atoms with van der Waals surface area (Å²) in [4.78, 5) is 21.6. The van der Waals surface area contributed by atoms with Crippen LogP contribution < -0.4 is 10.6 Å². The number of carbonyl (C=O) groups excluding carboxylic acids is 1. The van der Waals surface area contributed by atoms with Gasteiger partial charge < -0.3 is 10.6 Å². The second-order valence-corrected chi connectivity index (χ2v) is 9.57. The van der Waals surface area contributed by atoms with Crippen LogP contribution in [0, 0.1) is 6.92 Å². The standard InChI is InChI=1S/C25H23ClN6OS/c1-15-19(7-5-11-27-15)30-25(33)16-8-9-17(18(26)14-16)23-21-22(20-6-3-4-10-28-20)31-32(2)24(21)29-12-13-34-23/h3-11,14,23,29H,12-13H2,1-2H3,(H,30,33). The molecule has 1 aliphatic heterocycles. The van der Waals surface area contributed by atoms with Gasteiger partial charge in [-0.25, -0.2) is 0 Å². The third-order valence-corrected chi connectivity index (χ3v) is 7.32. The fourth-order valence-corrected chi connectivity index (χ4v) is 5.64. The van der Waals surface area contributed by atoms with E-state index in [1.165, 1.54) is 0 Å². The van der Waals surface area contributed by atoms with E-state index in [9.17, 15) is 4.79 Å². The summed E-state index contributed by atoms with van der Waals surface area (Å²) in [5.74, 6) is 1.64. The number of nitrogens with one attached hydrogen (secondary N) is 2. The molecule has 4 aromatic rings. The van der Waals surface area contributed by atoms with Crippen LogP contribution in [-0.2, 0) is 7.05 Å². The van der Waals surface area contributed by atoms with E-state index in [4.69, 9.17) is 16.7 Å². The Morgan fingerprint density at radius 3 is 2.79 bits per heavy atom. The lowest BCUT2D eigenvalue weighted by molar-refractivity contribution is 0.102. The van der Waals surface area contributed by atoms with Gasteiger partial charge in [0.2, 0.25) is 0 Å². The Bertz CT molecular complexity index is 1360. The van der Waals surface area contributed by atoms with E-state index >= 15 is 0 Å². The van der Waals surface area contributed by atoms with Crippen molar-refractivity contribution in [3.63, 3.8) is 0 Å². The Morgan fingerprint density at radius 2 is 2.03 bits per heavy atom. The summed E-state index contributed by atoms with van der Waals surface area (Å²) in [6, 6.07) is 14.9. The average Bonchev–Trinajstić information content (AvgIpc) is 3.02. The lowest BCUT2D eigenvalue weighted by atomic mass is 10.0. The van der Waals surface area contributed by atoms with Gasteiger partial charge in [-0.3, -0.25) is 19.4 Å². The van der Waals surface area contributed by atoms with Crippen LogP contribution in [0.5, 0.6) is 0 Å². The number of amides is 1. The number of fused-ring (bicyclic) bond motifs is 1. The molecule has 34 heavy (non-hydrogen) atoms.